The van der Waals surface area contributed by atoms with E-state index in [1.165, 1.54) is 26.1 Å². The Hall–Kier alpha value is -0.160. The fraction of sp³-hybridized carbons (Fsp3) is 1.00. The first kappa shape index (κ1) is 13.9. The van der Waals surface area contributed by atoms with Gasteiger partial charge in [0.05, 0.1) is 0 Å². The second-order valence-corrected chi connectivity index (χ2v) is 5.26. The van der Waals surface area contributed by atoms with Gasteiger partial charge in [0.2, 0.25) is 0 Å². The minimum Gasteiger partial charge on any atom is -0.314 e. The van der Waals surface area contributed by atoms with Gasteiger partial charge in [0.25, 0.3) is 0 Å². The molecular weight excluding hydrogens is 200 g/mol. The Morgan fingerprint density at radius 3 is 2.50 bits per heavy atom. The lowest BCUT2D eigenvalue weighted by Gasteiger charge is -2.20. The van der Waals surface area contributed by atoms with E-state index >= 15 is 0 Å². The third-order valence-electron chi connectivity index (χ3n) is 3.32. The lowest BCUT2D eigenvalue weighted by molar-refractivity contribution is 0.267. The molecule has 1 N–H and O–H groups in total. The number of rotatable bonds is 7. The minimum atomic E-state index is 0.766. The molecule has 1 unspecified atom stereocenters. The predicted octanol–water partition coefficient (Wildman–Crippen LogP) is -0.226. The number of nitrogens with one attached hydrogen (secondary N) is 1. The number of hydrogen-bond acceptors (Lipinski definition) is 4. The summed E-state index contributed by atoms with van der Waals surface area (Å²) in [5.41, 5.74) is 0. The Bertz CT molecular complexity index is 182. The molecule has 16 heavy (non-hydrogen) atoms. The van der Waals surface area contributed by atoms with Gasteiger partial charge < -0.3 is 20.0 Å². The van der Waals surface area contributed by atoms with Crippen molar-refractivity contribution in [2.24, 2.45) is 0 Å². The minimum absolute atomic E-state index is 0.766. The van der Waals surface area contributed by atoms with Crippen LogP contribution in [0.5, 0.6) is 0 Å². The van der Waals surface area contributed by atoms with Crippen molar-refractivity contribution < 1.29 is 0 Å². The third kappa shape index (κ3) is 5.25. The second kappa shape index (κ2) is 7.22. The van der Waals surface area contributed by atoms with E-state index in [1.54, 1.807) is 0 Å². The summed E-state index contributed by atoms with van der Waals surface area (Å²) in [6.45, 7) is 7.03. The number of hydrogen-bond donors (Lipinski definition) is 1. The first-order chi connectivity index (χ1) is 7.59. The molecule has 1 aliphatic heterocycles. The zero-order valence-electron chi connectivity index (χ0n) is 11.4. The summed E-state index contributed by atoms with van der Waals surface area (Å²) in [6, 6.07) is 0.766. The van der Waals surface area contributed by atoms with Gasteiger partial charge in [-0.05, 0) is 41.2 Å². The number of likely N-dealkylation sites (N-methyl/N-ethyl adjacent to an activating group) is 2. The highest BCUT2D eigenvalue weighted by molar-refractivity contribution is 4.80. The fourth-order valence-electron chi connectivity index (χ4n) is 2.10. The molecule has 0 aromatic heterocycles. The van der Waals surface area contributed by atoms with E-state index in [2.05, 4.69) is 48.2 Å². The van der Waals surface area contributed by atoms with E-state index in [0.717, 1.165) is 25.7 Å². The molecule has 0 aromatic rings. The molecule has 96 valence electrons. The summed E-state index contributed by atoms with van der Waals surface area (Å²) in [7, 11) is 8.60. The summed E-state index contributed by atoms with van der Waals surface area (Å²) in [6.07, 6.45) is 1.32. The molecule has 1 aliphatic rings. The molecule has 0 bridgehead atoms. The Kier molecular flexibility index (Phi) is 6.28. The molecule has 1 fully saturated rings. The molecule has 0 radical (unpaired) electrons. The summed E-state index contributed by atoms with van der Waals surface area (Å²) < 4.78 is 0. The van der Waals surface area contributed by atoms with E-state index < -0.39 is 0 Å². The van der Waals surface area contributed by atoms with Crippen LogP contribution in [0, 0.1) is 0 Å². The van der Waals surface area contributed by atoms with Crippen molar-refractivity contribution in [2.45, 2.75) is 12.5 Å². The zero-order chi connectivity index (χ0) is 12.0. The van der Waals surface area contributed by atoms with Crippen LogP contribution in [0.2, 0.25) is 0 Å². The molecule has 0 saturated carbocycles. The van der Waals surface area contributed by atoms with Crippen LogP contribution in [0.1, 0.15) is 6.42 Å². The van der Waals surface area contributed by atoms with Crippen LogP contribution in [0.15, 0.2) is 0 Å². The van der Waals surface area contributed by atoms with Gasteiger partial charge in [0, 0.05) is 38.8 Å². The predicted molar refractivity (Wildman–Crippen MR) is 70.0 cm³/mol. The third-order valence-corrected chi connectivity index (χ3v) is 3.32. The maximum absolute atomic E-state index is 3.49. The molecule has 1 rings (SSSR count). The first-order valence-corrected chi connectivity index (χ1v) is 6.34. The molecule has 4 heteroatoms. The summed E-state index contributed by atoms with van der Waals surface area (Å²) >= 11 is 0. The van der Waals surface area contributed by atoms with Gasteiger partial charge in [-0.3, -0.25) is 0 Å². The molecule has 0 aromatic carbocycles. The van der Waals surface area contributed by atoms with Crippen LogP contribution >= 0.6 is 0 Å². The molecule has 1 saturated heterocycles. The Morgan fingerprint density at radius 2 is 1.94 bits per heavy atom. The highest BCUT2D eigenvalue weighted by Gasteiger charge is 2.22. The standard InChI is InChI=1S/C12H28N4/c1-14(2)9-6-13-7-10-16-8-5-12(11-16)15(3)4/h12-13H,5-11H2,1-4H3. The van der Waals surface area contributed by atoms with Crippen LogP contribution in [0.3, 0.4) is 0 Å². The van der Waals surface area contributed by atoms with Gasteiger partial charge in [-0.15, -0.1) is 0 Å². The Balaban J connectivity index is 1.98. The average molecular weight is 228 g/mol. The fourth-order valence-corrected chi connectivity index (χ4v) is 2.10. The summed E-state index contributed by atoms with van der Waals surface area (Å²) in [5, 5.41) is 3.49. The van der Waals surface area contributed by atoms with E-state index in [4.69, 9.17) is 0 Å². The Labute approximate surface area is 101 Å². The highest BCUT2D eigenvalue weighted by atomic mass is 15.2. The molecule has 0 aliphatic carbocycles. The monoisotopic (exact) mass is 228 g/mol. The molecular formula is C12H28N4. The maximum atomic E-state index is 3.49. The van der Waals surface area contributed by atoms with Crippen LogP contribution in [0.25, 0.3) is 0 Å². The largest absolute Gasteiger partial charge is 0.314 e. The summed E-state index contributed by atoms with van der Waals surface area (Å²) in [4.78, 5) is 7.12. The lowest BCUT2D eigenvalue weighted by atomic mass is 10.2. The molecule has 0 spiro atoms. The molecule has 0 amide bonds. The van der Waals surface area contributed by atoms with Crippen molar-refractivity contribution in [1.29, 1.82) is 0 Å². The van der Waals surface area contributed by atoms with Crippen LogP contribution in [-0.2, 0) is 0 Å². The van der Waals surface area contributed by atoms with Crippen molar-refractivity contribution in [2.75, 3.05) is 67.5 Å². The van der Waals surface area contributed by atoms with Crippen molar-refractivity contribution in [3.63, 3.8) is 0 Å². The van der Waals surface area contributed by atoms with Gasteiger partial charge in [0.1, 0.15) is 0 Å². The normalized spacial score (nSPS) is 22.5. The molecule has 4 nitrogen and oxygen atoms in total. The second-order valence-electron chi connectivity index (χ2n) is 5.26. The Morgan fingerprint density at radius 1 is 1.19 bits per heavy atom. The van der Waals surface area contributed by atoms with E-state index in [-0.39, 0.29) is 0 Å². The smallest absolute Gasteiger partial charge is 0.0229 e. The van der Waals surface area contributed by atoms with Crippen LogP contribution < -0.4 is 5.32 Å². The zero-order valence-corrected chi connectivity index (χ0v) is 11.4. The van der Waals surface area contributed by atoms with Crippen molar-refractivity contribution in [1.82, 2.24) is 20.0 Å². The van der Waals surface area contributed by atoms with Crippen molar-refractivity contribution in [3.05, 3.63) is 0 Å². The number of nitrogens with zero attached hydrogens (tertiary/aromatic N) is 3. The topological polar surface area (TPSA) is 21.8 Å². The van der Waals surface area contributed by atoms with Gasteiger partial charge >= 0.3 is 0 Å². The van der Waals surface area contributed by atoms with Gasteiger partial charge in [0.15, 0.2) is 0 Å². The van der Waals surface area contributed by atoms with Gasteiger partial charge in [-0.2, -0.15) is 0 Å². The van der Waals surface area contributed by atoms with E-state index in [0.29, 0.717) is 0 Å². The maximum Gasteiger partial charge on any atom is 0.0229 e. The molecule has 1 atom stereocenters. The van der Waals surface area contributed by atoms with Crippen LogP contribution in [-0.4, -0.2) is 88.2 Å². The average Bonchev–Trinajstić information content (AvgIpc) is 2.65. The van der Waals surface area contributed by atoms with Gasteiger partial charge in [-0.1, -0.05) is 0 Å². The quantitative estimate of drug-likeness (QED) is 0.608. The lowest BCUT2D eigenvalue weighted by Crippen LogP contribution is -2.36. The van der Waals surface area contributed by atoms with E-state index in [1.807, 2.05) is 0 Å². The highest BCUT2D eigenvalue weighted by Crippen LogP contribution is 2.11. The first-order valence-electron chi connectivity index (χ1n) is 6.34. The van der Waals surface area contributed by atoms with E-state index in [9.17, 15) is 0 Å². The van der Waals surface area contributed by atoms with Crippen LogP contribution in [0.4, 0.5) is 0 Å². The van der Waals surface area contributed by atoms with Crippen molar-refractivity contribution in [3.8, 4) is 0 Å². The van der Waals surface area contributed by atoms with Crippen molar-refractivity contribution >= 4 is 0 Å². The SMILES string of the molecule is CN(C)CCNCCN1CCC(N(C)C)C1. The summed E-state index contributed by atoms with van der Waals surface area (Å²) in [5.74, 6) is 0. The molecule has 1 heterocycles. The number of likely N-dealkylation sites (tertiary alicyclic amines) is 1. The van der Waals surface area contributed by atoms with Gasteiger partial charge in [-0.25, -0.2) is 0 Å².